The van der Waals surface area contributed by atoms with E-state index in [-0.39, 0.29) is 10.6 Å². The average Bonchev–Trinajstić information content (AvgIpc) is 3.18. The van der Waals surface area contributed by atoms with Gasteiger partial charge in [0.15, 0.2) is 0 Å². The molecule has 144 valence electrons. The number of benzene rings is 2. The monoisotopic (exact) mass is 415 g/mol. The van der Waals surface area contributed by atoms with Crippen LogP contribution in [0.4, 0.5) is 11.4 Å². The first-order valence-corrected chi connectivity index (χ1v) is 10.4. The van der Waals surface area contributed by atoms with E-state index in [0.29, 0.717) is 0 Å². The van der Waals surface area contributed by atoms with Gasteiger partial charge in [-0.15, -0.1) is 11.3 Å². The molecule has 28 heavy (non-hydrogen) atoms. The highest BCUT2D eigenvalue weighted by atomic mass is 35.5. The molecule has 3 aromatic rings. The minimum Gasteiger partial charge on any atom is -0.360 e. The molecular formula is C20H20ClN4O2S+. The highest BCUT2D eigenvalue weighted by Gasteiger charge is 2.22. The van der Waals surface area contributed by atoms with Crippen molar-refractivity contribution in [2.75, 3.05) is 31.1 Å². The molecule has 0 unspecified atom stereocenters. The molecule has 1 saturated heterocycles. The van der Waals surface area contributed by atoms with Gasteiger partial charge in [0.1, 0.15) is 17.2 Å². The fourth-order valence-electron chi connectivity index (χ4n) is 3.41. The zero-order valence-corrected chi connectivity index (χ0v) is 16.7. The van der Waals surface area contributed by atoms with Crippen molar-refractivity contribution in [3.05, 3.63) is 74.7 Å². The smallest absolute Gasteiger partial charge is 0.269 e. The standard InChI is InChI=1S/C20H19ClN4O2S/c21-16-3-1-15(2-4-16)20-22-17(14-28-20)13-23-9-11-24(12-10-23)18-5-7-19(8-6-18)25(26)27/h1-8,14H,9-13H2/p+1. The van der Waals surface area contributed by atoms with Gasteiger partial charge in [0, 0.05) is 33.8 Å². The van der Waals surface area contributed by atoms with E-state index in [2.05, 4.69) is 10.3 Å². The van der Waals surface area contributed by atoms with Crippen LogP contribution in [0.1, 0.15) is 5.69 Å². The van der Waals surface area contributed by atoms with Gasteiger partial charge in [0.25, 0.3) is 5.69 Å². The number of thiazole rings is 1. The number of piperazine rings is 1. The van der Waals surface area contributed by atoms with Crippen LogP contribution in [0.25, 0.3) is 10.6 Å². The van der Waals surface area contributed by atoms with Gasteiger partial charge in [-0.3, -0.25) is 10.1 Å². The largest absolute Gasteiger partial charge is 0.360 e. The minimum absolute atomic E-state index is 0.132. The lowest BCUT2D eigenvalue weighted by atomic mass is 10.2. The summed E-state index contributed by atoms with van der Waals surface area (Å²) >= 11 is 7.62. The lowest BCUT2D eigenvalue weighted by Gasteiger charge is -2.33. The van der Waals surface area contributed by atoms with E-state index in [1.807, 2.05) is 36.4 Å². The third-order valence-electron chi connectivity index (χ3n) is 4.97. The van der Waals surface area contributed by atoms with Crippen molar-refractivity contribution in [3.63, 3.8) is 0 Å². The summed E-state index contributed by atoms with van der Waals surface area (Å²) < 4.78 is 0. The number of nitro groups is 1. The van der Waals surface area contributed by atoms with E-state index >= 15 is 0 Å². The van der Waals surface area contributed by atoms with E-state index < -0.39 is 0 Å². The first-order valence-electron chi connectivity index (χ1n) is 9.12. The fraction of sp³-hybridized carbons (Fsp3) is 0.250. The van der Waals surface area contributed by atoms with Crippen molar-refractivity contribution in [2.45, 2.75) is 6.54 Å². The lowest BCUT2D eigenvalue weighted by Crippen LogP contribution is -3.13. The summed E-state index contributed by atoms with van der Waals surface area (Å²) in [6.07, 6.45) is 0. The van der Waals surface area contributed by atoms with Gasteiger partial charge in [0.05, 0.1) is 31.1 Å². The third-order valence-corrected chi connectivity index (χ3v) is 6.16. The topological polar surface area (TPSA) is 63.7 Å². The summed E-state index contributed by atoms with van der Waals surface area (Å²) in [7, 11) is 0. The maximum Gasteiger partial charge on any atom is 0.269 e. The van der Waals surface area contributed by atoms with Crippen molar-refractivity contribution in [1.29, 1.82) is 0 Å². The molecule has 1 fully saturated rings. The van der Waals surface area contributed by atoms with E-state index in [9.17, 15) is 10.1 Å². The average molecular weight is 416 g/mol. The Bertz CT molecular complexity index is 951. The maximum absolute atomic E-state index is 10.8. The van der Waals surface area contributed by atoms with Crippen LogP contribution >= 0.6 is 22.9 Å². The molecule has 1 aliphatic rings. The van der Waals surface area contributed by atoms with Gasteiger partial charge >= 0.3 is 0 Å². The Hall–Kier alpha value is -2.48. The van der Waals surface area contributed by atoms with Crippen LogP contribution in [0.15, 0.2) is 53.9 Å². The number of nitrogens with one attached hydrogen (secondary N) is 1. The Morgan fingerprint density at radius 1 is 1.11 bits per heavy atom. The Kier molecular flexibility index (Phi) is 5.57. The van der Waals surface area contributed by atoms with Gasteiger partial charge in [-0.05, 0) is 24.3 Å². The fourth-order valence-corrected chi connectivity index (χ4v) is 4.36. The van der Waals surface area contributed by atoms with E-state index in [4.69, 9.17) is 16.6 Å². The number of rotatable bonds is 5. The summed E-state index contributed by atoms with van der Waals surface area (Å²) in [4.78, 5) is 19.0. The molecule has 1 aliphatic heterocycles. The molecule has 2 aromatic carbocycles. The van der Waals surface area contributed by atoms with Crippen LogP contribution < -0.4 is 9.80 Å². The molecule has 1 N–H and O–H groups in total. The molecule has 0 aliphatic carbocycles. The molecule has 0 atom stereocenters. The Morgan fingerprint density at radius 2 is 1.79 bits per heavy atom. The van der Waals surface area contributed by atoms with Crippen LogP contribution in [0.5, 0.6) is 0 Å². The zero-order chi connectivity index (χ0) is 19.5. The number of hydrogen-bond acceptors (Lipinski definition) is 5. The second kappa shape index (κ2) is 8.26. The van der Waals surface area contributed by atoms with E-state index in [1.54, 1.807) is 23.5 Å². The van der Waals surface area contributed by atoms with Crippen molar-refractivity contribution in [2.24, 2.45) is 0 Å². The maximum atomic E-state index is 10.8. The molecule has 0 radical (unpaired) electrons. The summed E-state index contributed by atoms with van der Waals surface area (Å²) in [5.74, 6) is 0. The first kappa shape index (κ1) is 18.9. The Morgan fingerprint density at radius 3 is 2.43 bits per heavy atom. The second-order valence-electron chi connectivity index (χ2n) is 6.84. The van der Waals surface area contributed by atoms with Gasteiger partial charge in [-0.25, -0.2) is 4.98 Å². The van der Waals surface area contributed by atoms with Crippen molar-refractivity contribution in [1.82, 2.24) is 4.98 Å². The summed E-state index contributed by atoms with van der Waals surface area (Å²) in [5, 5.41) is 14.7. The second-order valence-corrected chi connectivity index (χ2v) is 8.13. The Labute approximate surface area is 172 Å². The molecule has 0 saturated carbocycles. The number of quaternary nitrogens is 1. The quantitative estimate of drug-likeness (QED) is 0.513. The van der Waals surface area contributed by atoms with Crippen LogP contribution in [0.2, 0.25) is 5.02 Å². The molecule has 1 aromatic heterocycles. The van der Waals surface area contributed by atoms with Crippen LogP contribution in [0, 0.1) is 10.1 Å². The van der Waals surface area contributed by atoms with Crippen molar-refractivity contribution < 1.29 is 9.82 Å². The summed E-state index contributed by atoms with van der Waals surface area (Å²) in [6, 6.07) is 14.6. The molecule has 2 heterocycles. The summed E-state index contributed by atoms with van der Waals surface area (Å²) in [5.41, 5.74) is 3.39. The third kappa shape index (κ3) is 4.32. The minimum atomic E-state index is -0.363. The number of hydrogen-bond donors (Lipinski definition) is 1. The number of aromatic nitrogens is 1. The molecule has 0 amide bonds. The highest BCUT2D eigenvalue weighted by molar-refractivity contribution is 7.13. The first-order chi connectivity index (χ1) is 13.6. The molecule has 8 heteroatoms. The van der Waals surface area contributed by atoms with Crippen LogP contribution in [0.3, 0.4) is 0 Å². The van der Waals surface area contributed by atoms with E-state index in [1.165, 1.54) is 4.90 Å². The van der Waals surface area contributed by atoms with Gasteiger partial charge in [-0.1, -0.05) is 23.7 Å². The zero-order valence-electron chi connectivity index (χ0n) is 15.2. The molecule has 4 rings (SSSR count). The predicted molar refractivity (Wildman–Crippen MR) is 112 cm³/mol. The molecule has 6 nitrogen and oxygen atoms in total. The summed E-state index contributed by atoms with van der Waals surface area (Å²) in [6.45, 7) is 4.82. The SMILES string of the molecule is O=[N+]([O-])c1ccc(N2CC[NH+](Cc3csc(-c4ccc(Cl)cc4)n3)CC2)cc1. The van der Waals surface area contributed by atoms with Crippen molar-refractivity contribution >= 4 is 34.3 Å². The molecular weight excluding hydrogens is 396 g/mol. The number of nitrogens with zero attached hydrogens (tertiary/aromatic N) is 3. The van der Waals surface area contributed by atoms with Crippen LogP contribution in [-0.4, -0.2) is 36.1 Å². The predicted octanol–water partition coefficient (Wildman–Crippen LogP) is 3.28. The normalized spacial score (nSPS) is 15.0. The number of anilines is 1. The van der Waals surface area contributed by atoms with Crippen molar-refractivity contribution in [3.8, 4) is 10.6 Å². The molecule has 0 spiro atoms. The van der Waals surface area contributed by atoms with Gasteiger partial charge in [0.2, 0.25) is 0 Å². The number of halogens is 1. The number of non-ortho nitro benzene ring substituents is 1. The van der Waals surface area contributed by atoms with Gasteiger partial charge < -0.3 is 9.80 Å². The van der Waals surface area contributed by atoms with E-state index in [0.717, 1.165) is 59.7 Å². The molecule has 0 bridgehead atoms. The highest BCUT2D eigenvalue weighted by Crippen LogP contribution is 2.25. The van der Waals surface area contributed by atoms with Gasteiger partial charge in [-0.2, -0.15) is 0 Å². The van der Waals surface area contributed by atoms with Crippen LogP contribution in [-0.2, 0) is 6.54 Å². The lowest BCUT2D eigenvalue weighted by molar-refractivity contribution is -0.914. The Balaban J connectivity index is 1.33. The number of nitro benzene ring substituents is 1.